The predicted octanol–water partition coefficient (Wildman–Crippen LogP) is 1.51. The molecule has 23 heavy (non-hydrogen) atoms. The first-order valence-electron chi connectivity index (χ1n) is 8.19. The molecule has 3 rings (SSSR count). The van der Waals surface area contributed by atoms with Gasteiger partial charge in [-0.2, -0.15) is 0 Å². The SMILES string of the molecule is Cc1ccc(CN2CCC3(CCOC[C@H]3NS(C)(=O)=O)CC2)o1. The summed E-state index contributed by atoms with van der Waals surface area (Å²) in [6.07, 6.45) is 4.13. The van der Waals surface area contributed by atoms with Crippen LogP contribution in [-0.2, 0) is 21.3 Å². The van der Waals surface area contributed by atoms with Crippen molar-refractivity contribution in [3.8, 4) is 0 Å². The number of rotatable bonds is 4. The number of likely N-dealkylation sites (tertiary alicyclic amines) is 1. The molecule has 7 heteroatoms. The Labute approximate surface area is 138 Å². The molecule has 6 nitrogen and oxygen atoms in total. The van der Waals surface area contributed by atoms with E-state index in [4.69, 9.17) is 9.15 Å². The Bertz CT molecular complexity index is 632. The van der Waals surface area contributed by atoms with Crippen molar-refractivity contribution >= 4 is 10.0 Å². The molecule has 1 spiro atoms. The fourth-order valence-corrected chi connectivity index (χ4v) is 4.63. The Morgan fingerprint density at radius 3 is 2.65 bits per heavy atom. The van der Waals surface area contributed by atoms with E-state index in [1.165, 1.54) is 6.26 Å². The molecule has 0 saturated carbocycles. The second-order valence-corrected chi connectivity index (χ2v) is 8.70. The number of ether oxygens (including phenoxy) is 1. The Balaban J connectivity index is 1.63. The van der Waals surface area contributed by atoms with Crippen LogP contribution in [0.3, 0.4) is 0 Å². The summed E-state index contributed by atoms with van der Waals surface area (Å²) >= 11 is 0. The minimum atomic E-state index is -3.22. The molecule has 2 aliphatic rings. The average molecular weight is 342 g/mol. The fraction of sp³-hybridized carbons (Fsp3) is 0.750. The minimum Gasteiger partial charge on any atom is -0.465 e. The summed E-state index contributed by atoms with van der Waals surface area (Å²) in [5, 5.41) is 0. The van der Waals surface area contributed by atoms with Crippen LogP contribution in [-0.4, -0.2) is 51.9 Å². The zero-order chi connectivity index (χ0) is 16.5. The van der Waals surface area contributed by atoms with E-state index in [9.17, 15) is 8.42 Å². The van der Waals surface area contributed by atoms with Crippen LogP contribution in [0, 0.1) is 12.3 Å². The molecule has 1 aromatic heterocycles. The maximum absolute atomic E-state index is 11.6. The van der Waals surface area contributed by atoms with Crippen LogP contribution < -0.4 is 4.72 Å². The van der Waals surface area contributed by atoms with Gasteiger partial charge < -0.3 is 9.15 Å². The van der Waals surface area contributed by atoms with Crippen LogP contribution >= 0.6 is 0 Å². The number of hydrogen-bond acceptors (Lipinski definition) is 5. The fourth-order valence-electron chi connectivity index (χ4n) is 3.79. The van der Waals surface area contributed by atoms with Gasteiger partial charge in [-0.05, 0) is 56.8 Å². The molecular weight excluding hydrogens is 316 g/mol. The van der Waals surface area contributed by atoms with Crippen molar-refractivity contribution in [3.05, 3.63) is 23.7 Å². The van der Waals surface area contributed by atoms with Crippen molar-refractivity contribution in [1.82, 2.24) is 9.62 Å². The lowest BCUT2D eigenvalue weighted by molar-refractivity contribution is -0.0452. The molecule has 0 radical (unpaired) electrons. The van der Waals surface area contributed by atoms with Gasteiger partial charge in [-0.15, -0.1) is 0 Å². The predicted molar refractivity (Wildman–Crippen MR) is 87.6 cm³/mol. The first kappa shape index (κ1) is 17.0. The van der Waals surface area contributed by atoms with E-state index in [0.717, 1.165) is 57.0 Å². The van der Waals surface area contributed by atoms with Crippen molar-refractivity contribution in [2.45, 2.75) is 38.8 Å². The van der Waals surface area contributed by atoms with E-state index in [-0.39, 0.29) is 11.5 Å². The molecule has 2 fully saturated rings. The number of nitrogens with zero attached hydrogens (tertiary/aromatic N) is 1. The molecule has 130 valence electrons. The molecule has 1 aromatic rings. The van der Waals surface area contributed by atoms with Gasteiger partial charge in [0.1, 0.15) is 11.5 Å². The summed E-state index contributed by atoms with van der Waals surface area (Å²) in [6.45, 7) is 5.90. The normalized spacial score (nSPS) is 25.7. The molecule has 3 heterocycles. The Kier molecular flexibility index (Phi) is 4.83. The highest BCUT2D eigenvalue weighted by Crippen LogP contribution is 2.41. The lowest BCUT2D eigenvalue weighted by Crippen LogP contribution is -2.57. The molecule has 0 bridgehead atoms. The largest absolute Gasteiger partial charge is 0.465 e. The van der Waals surface area contributed by atoms with Crippen LogP contribution in [0.1, 0.15) is 30.8 Å². The molecule has 0 unspecified atom stereocenters. The number of sulfonamides is 1. The van der Waals surface area contributed by atoms with Gasteiger partial charge in [0, 0.05) is 6.61 Å². The van der Waals surface area contributed by atoms with Crippen LogP contribution in [0.4, 0.5) is 0 Å². The van der Waals surface area contributed by atoms with E-state index in [1.807, 2.05) is 19.1 Å². The summed E-state index contributed by atoms with van der Waals surface area (Å²) in [7, 11) is -3.22. The van der Waals surface area contributed by atoms with Gasteiger partial charge in [-0.1, -0.05) is 0 Å². The lowest BCUT2D eigenvalue weighted by atomic mass is 9.69. The first-order valence-corrected chi connectivity index (χ1v) is 10.1. The van der Waals surface area contributed by atoms with Crippen molar-refractivity contribution in [3.63, 3.8) is 0 Å². The summed E-state index contributed by atoms with van der Waals surface area (Å²) in [5.41, 5.74) is 0.0247. The van der Waals surface area contributed by atoms with Crippen molar-refractivity contribution in [1.29, 1.82) is 0 Å². The van der Waals surface area contributed by atoms with E-state index in [1.54, 1.807) is 0 Å². The topological polar surface area (TPSA) is 71.8 Å². The van der Waals surface area contributed by atoms with Gasteiger partial charge in [-0.25, -0.2) is 13.1 Å². The molecule has 1 atom stereocenters. The number of nitrogens with one attached hydrogen (secondary N) is 1. The van der Waals surface area contributed by atoms with Crippen molar-refractivity contribution in [2.24, 2.45) is 5.41 Å². The quantitative estimate of drug-likeness (QED) is 0.898. The summed E-state index contributed by atoms with van der Waals surface area (Å²) in [6, 6.07) is 3.91. The second kappa shape index (κ2) is 6.55. The Morgan fingerprint density at radius 2 is 2.04 bits per heavy atom. The maximum Gasteiger partial charge on any atom is 0.209 e. The first-order chi connectivity index (χ1) is 10.9. The summed E-state index contributed by atoms with van der Waals surface area (Å²) in [5.74, 6) is 1.94. The highest BCUT2D eigenvalue weighted by molar-refractivity contribution is 7.88. The lowest BCUT2D eigenvalue weighted by Gasteiger charge is -2.48. The standard InChI is InChI=1S/C16H26N2O4S/c1-13-3-4-14(22-13)11-18-8-5-16(6-9-18)7-10-21-12-15(16)17-23(2,19)20/h3-4,15,17H,5-12H2,1-2H3/t15-/m1/s1. The van der Waals surface area contributed by atoms with Crippen LogP contribution in [0.25, 0.3) is 0 Å². The van der Waals surface area contributed by atoms with E-state index < -0.39 is 10.0 Å². The third kappa shape index (κ3) is 4.15. The third-order valence-corrected chi connectivity index (χ3v) is 5.86. The highest BCUT2D eigenvalue weighted by atomic mass is 32.2. The summed E-state index contributed by atoms with van der Waals surface area (Å²) < 4.78 is 37.3. The van der Waals surface area contributed by atoms with Crippen LogP contribution in [0.2, 0.25) is 0 Å². The van der Waals surface area contributed by atoms with Gasteiger partial charge in [0.05, 0.1) is 25.4 Å². The molecule has 0 amide bonds. The zero-order valence-electron chi connectivity index (χ0n) is 13.9. The average Bonchev–Trinajstić information content (AvgIpc) is 2.88. The molecule has 2 aliphatic heterocycles. The monoisotopic (exact) mass is 342 g/mol. The van der Waals surface area contributed by atoms with Gasteiger partial charge in [0.25, 0.3) is 0 Å². The van der Waals surface area contributed by atoms with Crippen LogP contribution in [0.5, 0.6) is 0 Å². The van der Waals surface area contributed by atoms with E-state index >= 15 is 0 Å². The highest BCUT2D eigenvalue weighted by Gasteiger charge is 2.44. The van der Waals surface area contributed by atoms with Gasteiger partial charge >= 0.3 is 0 Å². The van der Waals surface area contributed by atoms with Gasteiger partial charge in [-0.3, -0.25) is 4.90 Å². The van der Waals surface area contributed by atoms with Crippen LogP contribution in [0.15, 0.2) is 16.5 Å². The van der Waals surface area contributed by atoms with Gasteiger partial charge in [0.2, 0.25) is 10.0 Å². The zero-order valence-corrected chi connectivity index (χ0v) is 14.7. The molecule has 0 aromatic carbocycles. The third-order valence-electron chi connectivity index (χ3n) is 5.15. The van der Waals surface area contributed by atoms with Crippen molar-refractivity contribution in [2.75, 3.05) is 32.6 Å². The minimum absolute atomic E-state index is 0.0247. The summed E-state index contributed by atoms with van der Waals surface area (Å²) in [4.78, 5) is 2.39. The number of furan rings is 1. The Morgan fingerprint density at radius 1 is 1.30 bits per heavy atom. The van der Waals surface area contributed by atoms with E-state index in [0.29, 0.717) is 6.61 Å². The smallest absolute Gasteiger partial charge is 0.209 e. The maximum atomic E-state index is 11.6. The van der Waals surface area contributed by atoms with E-state index in [2.05, 4.69) is 9.62 Å². The van der Waals surface area contributed by atoms with Gasteiger partial charge in [0.15, 0.2) is 0 Å². The molecule has 2 saturated heterocycles. The molecule has 0 aliphatic carbocycles. The molecule has 1 N–H and O–H groups in total. The number of aryl methyl sites for hydroxylation is 1. The molecular formula is C16H26N2O4S. The number of hydrogen-bond donors (Lipinski definition) is 1. The number of piperidine rings is 1. The van der Waals surface area contributed by atoms with Crippen molar-refractivity contribution < 1.29 is 17.6 Å². The second-order valence-electron chi connectivity index (χ2n) is 6.92. The Hall–Kier alpha value is -0.890.